The van der Waals surface area contributed by atoms with E-state index in [1.807, 2.05) is 55.5 Å². The van der Waals surface area contributed by atoms with Crippen LogP contribution in [-0.2, 0) is 14.8 Å². The van der Waals surface area contributed by atoms with Gasteiger partial charge in [-0.2, -0.15) is 0 Å². The zero-order chi connectivity index (χ0) is 22.2. The van der Waals surface area contributed by atoms with Gasteiger partial charge in [0.25, 0.3) is 10.0 Å². The first-order valence-electron chi connectivity index (χ1n) is 9.95. The van der Waals surface area contributed by atoms with Crippen molar-refractivity contribution in [2.75, 3.05) is 4.31 Å². The number of hydrogen-bond acceptors (Lipinski definition) is 3. The van der Waals surface area contributed by atoms with Gasteiger partial charge in [0.05, 0.1) is 16.3 Å². The first kappa shape index (κ1) is 21.5. The maximum absolute atomic E-state index is 13.9. The Morgan fingerprint density at radius 1 is 1.00 bits per heavy atom. The third kappa shape index (κ3) is 4.23. The number of hydrogen-bond donors (Lipinski definition) is 0. The Balaban J connectivity index is 1.98. The van der Waals surface area contributed by atoms with Crippen LogP contribution in [-0.4, -0.2) is 14.2 Å². The number of carbonyl (C=O) groups is 1. The molecule has 1 heterocycles. The quantitative estimate of drug-likeness (QED) is 0.431. The molecule has 0 spiro atoms. The average Bonchev–Trinajstić information content (AvgIpc) is 2.74. The highest BCUT2D eigenvalue weighted by atomic mass is 79.9. The van der Waals surface area contributed by atoms with Gasteiger partial charge in [0.15, 0.2) is 0 Å². The van der Waals surface area contributed by atoms with Crippen molar-refractivity contribution in [2.45, 2.75) is 31.1 Å². The molecule has 1 aliphatic rings. The second kappa shape index (κ2) is 8.44. The van der Waals surface area contributed by atoms with Crippen molar-refractivity contribution >= 4 is 43.1 Å². The van der Waals surface area contributed by atoms with E-state index in [2.05, 4.69) is 15.9 Å². The minimum absolute atomic E-state index is 0.0504. The van der Waals surface area contributed by atoms with Gasteiger partial charge in [-0.15, -0.1) is 0 Å². The molecule has 0 fully saturated rings. The van der Waals surface area contributed by atoms with Crippen LogP contribution in [0, 0.1) is 6.92 Å². The Labute approximate surface area is 191 Å². The van der Waals surface area contributed by atoms with E-state index < -0.39 is 10.0 Å². The summed E-state index contributed by atoms with van der Waals surface area (Å²) in [5.41, 5.74) is 3.70. The second-order valence-corrected chi connectivity index (χ2v) is 10.4. The molecule has 1 aliphatic heterocycles. The fourth-order valence-electron chi connectivity index (χ4n) is 3.86. The number of ketones is 1. The van der Waals surface area contributed by atoms with Gasteiger partial charge < -0.3 is 0 Å². The van der Waals surface area contributed by atoms with Crippen LogP contribution >= 0.6 is 15.9 Å². The number of allylic oxidation sites excluding steroid dienone is 1. The van der Waals surface area contributed by atoms with Gasteiger partial charge in [-0.1, -0.05) is 70.0 Å². The van der Waals surface area contributed by atoms with Crippen molar-refractivity contribution < 1.29 is 13.2 Å². The van der Waals surface area contributed by atoms with Crippen molar-refractivity contribution in [3.8, 4) is 0 Å². The highest BCUT2D eigenvalue weighted by Crippen LogP contribution is 2.45. The minimum atomic E-state index is -3.89. The fraction of sp³-hybridized carbons (Fsp3) is 0.160. The number of aryl methyl sites for hydroxylation is 1. The van der Waals surface area contributed by atoms with Crippen LogP contribution in [0.4, 0.5) is 5.69 Å². The van der Waals surface area contributed by atoms with Crippen molar-refractivity contribution in [1.82, 2.24) is 0 Å². The van der Waals surface area contributed by atoms with E-state index in [4.69, 9.17) is 0 Å². The predicted octanol–water partition coefficient (Wildman–Crippen LogP) is 6.07. The number of carbonyl (C=O) groups excluding carboxylic acids is 1. The number of sulfonamides is 1. The molecule has 0 aliphatic carbocycles. The van der Waals surface area contributed by atoms with Gasteiger partial charge in [-0.3, -0.25) is 4.79 Å². The van der Waals surface area contributed by atoms with Gasteiger partial charge in [-0.05, 0) is 55.3 Å². The van der Waals surface area contributed by atoms with E-state index in [1.54, 1.807) is 37.3 Å². The average molecular weight is 496 g/mol. The summed E-state index contributed by atoms with van der Waals surface area (Å²) in [6, 6.07) is 21.8. The van der Waals surface area contributed by atoms with Crippen molar-refractivity contribution in [2.24, 2.45) is 0 Å². The molecule has 3 aromatic carbocycles. The molecule has 4 nitrogen and oxygen atoms in total. The fourth-order valence-corrected chi connectivity index (χ4v) is 5.78. The molecule has 1 atom stereocenters. The third-order valence-corrected chi connectivity index (χ3v) is 7.56. The standard InChI is InChI=1S/C25H22BrNO3S/c1-17-8-11-22(12-9-17)31(29,30)27-24-13-10-21(26)16-23(24)20(14-18(2)28)15-25(27)19-6-4-3-5-7-19/h3-13,15-16,20H,14H2,1-2H3/t20-/m1/s1. The topological polar surface area (TPSA) is 54.5 Å². The normalized spacial score (nSPS) is 15.9. The summed E-state index contributed by atoms with van der Waals surface area (Å²) in [6.45, 7) is 3.48. The van der Waals surface area contributed by atoms with Gasteiger partial charge in [0.2, 0.25) is 0 Å². The highest BCUT2D eigenvalue weighted by molar-refractivity contribution is 9.10. The number of fused-ring (bicyclic) bond motifs is 1. The maximum Gasteiger partial charge on any atom is 0.268 e. The lowest BCUT2D eigenvalue weighted by atomic mass is 9.88. The monoisotopic (exact) mass is 495 g/mol. The van der Waals surface area contributed by atoms with E-state index >= 15 is 0 Å². The summed E-state index contributed by atoms with van der Waals surface area (Å²) in [5.74, 6) is -0.167. The van der Waals surface area contributed by atoms with E-state index in [-0.39, 0.29) is 16.6 Å². The SMILES string of the molecule is CC(=O)C[C@@H]1C=C(c2ccccc2)N(S(=O)(=O)c2ccc(C)cc2)c2ccc(Br)cc21. The van der Waals surface area contributed by atoms with E-state index in [0.29, 0.717) is 17.8 Å². The van der Waals surface area contributed by atoms with Crippen LogP contribution in [0.15, 0.2) is 88.2 Å². The first-order chi connectivity index (χ1) is 14.8. The number of halogens is 1. The molecule has 3 aromatic rings. The summed E-state index contributed by atoms with van der Waals surface area (Å²) < 4.78 is 30.0. The van der Waals surface area contributed by atoms with Crippen LogP contribution < -0.4 is 4.31 Å². The van der Waals surface area contributed by atoms with Gasteiger partial charge in [0.1, 0.15) is 5.78 Å². The summed E-state index contributed by atoms with van der Waals surface area (Å²) in [5, 5.41) is 0. The predicted molar refractivity (Wildman–Crippen MR) is 127 cm³/mol. The summed E-state index contributed by atoms with van der Waals surface area (Å²) >= 11 is 3.49. The van der Waals surface area contributed by atoms with Crippen LogP contribution in [0.25, 0.3) is 5.70 Å². The Hall–Kier alpha value is -2.70. The lowest BCUT2D eigenvalue weighted by Gasteiger charge is -2.35. The Morgan fingerprint density at radius 3 is 2.32 bits per heavy atom. The summed E-state index contributed by atoms with van der Waals surface area (Å²) in [4.78, 5) is 12.2. The lowest BCUT2D eigenvalue weighted by molar-refractivity contribution is -0.117. The molecule has 0 amide bonds. The molecule has 0 aromatic heterocycles. The molecular weight excluding hydrogens is 474 g/mol. The van der Waals surface area contributed by atoms with Crippen molar-refractivity contribution in [3.05, 3.63) is 100 Å². The van der Waals surface area contributed by atoms with Crippen LogP contribution in [0.2, 0.25) is 0 Å². The molecule has 0 unspecified atom stereocenters. The first-order valence-corrected chi connectivity index (χ1v) is 12.2. The minimum Gasteiger partial charge on any atom is -0.300 e. The smallest absolute Gasteiger partial charge is 0.268 e. The molecular formula is C25H22BrNO3S. The highest BCUT2D eigenvalue weighted by Gasteiger charge is 2.36. The third-order valence-electron chi connectivity index (χ3n) is 5.32. The van der Waals surface area contributed by atoms with Crippen LogP contribution in [0.3, 0.4) is 0 Å². The zero-order valence-electron chi connectivity index (χ0n) is 17.2. The van der Waals surface area contributed by atoms with E-state index in [0.717, 1.165) is 21.2 Å². The van der Waals surface area contributed by atoms with E-state index in [9.17, 15) is 13.2 Å². The maximum atomic E-state index is 13.9. The molecule has 0 bridgehead atoms. The summed E-state index contributed by atoms with van der Waals surface area (Å²) in [7, 11) is -3.89. The number of nitrogens with zero attached hydrogens (tertiary/aromatic N) is 1. The van der Waals surface area contributed by atoms with Gasteiger partial charge >= 0.3 is 0 Å². The lowest BCUT2D eigenvalue weighted by Crippen LogP contribution is -2.33. The molecule has 4 rings (SSSR count). The van der Waals surface area contributed by atoms with Crippen LogP contribution in [0.1, 0.15) is 36.0 Å². The molecule has 0 saturated heterocycles. The largest absolute Gasteiger partial charge is 0.300 e. The molecule has 31 heavy (non-hydrogen) atoms. The molecule has 0 radical (unpaired) electrons. The zero-order valence-corrected chi connectivity index (χ0v) is 19.7. The number of benzene rings is 3. The molecule has 6 heteroatoms. The van der Waals surface area contributed by atoms with Gasteiger partial charge in [0, 0.05) is 16.8 Å². The van der Waals surface area contributed by atoms with Crippen molar-refractivity contribution in [1.29, 1.82) is 0 Å². The number of anilines is 1. The molecule has 0 N–H and O–H groups in total. The van der Waals surface area contributed by atoms with Crippen molar-refractivity contribution in [3.63, 3.8) is 0 Å². The van der Waals surface area contributed by atoms with E-state index in [1.165, 1.54) is 4.31 Å². The Kier molecular flexibility index (Phi) is 5.86. The second-order valence-electron chi connectivity index (χ2n) is 7.72. The van der Waals surface area contributed by atoms with Gasteiger partial charge in [-0.25, -0.2) is 12.7 Å². The molecule has 0 saturated carbocycles. The Morgan fingerprint density at radius 2 is 1.68 bits per heavy atom. The number of Topliss-reactive ketones (excluding diaryl/α,β-unsaturated/α-hetero) is 1. The van der Waals surface area contributed by atoms with Crippen LogP contribution in [0.5, 0.6) is 0 Å². The Bertz CT molecular complexity index is 1270. The number of rotatable bonds is 5. The molecule has 158 valence electrons. The summed E-state index contributed by atoms with van der Waals surface area (Å²) in [6.07, 6.45) is 2.20.